The van der Waals surface area contributed by atoms with E-state index in [-0.39, 0.29) is 13.2 Å². The topological polar surface area (TPSA) is 80.6 Å². The van der Waals surface area contributed by atoms with Crippen LogP contribution in [0.4, 0.5) is 0 Å². The number of aliphatic hydroxyl groups is 2. The summed E-state index contributed by atoms with van der Waals surface area (Å²) in [5.74, 6) is 0. The molecule has 0 aromatic heterocycles. The van der Waals surface area contributed by atoms with Gasteiger partial charge in [-0.15, -0.1) is 0 Å². The molecule has 1 atom stereocenters. The zero-order valence-electron chi connectivity index (χ0n) is 3.98. The molecule has 0 rings (SSSR count). The number of thiol groups is 1. The molecule has 4 nitrogen and oxygen atoms in total. The van der Waals surface area contributed by atoms with Crippen molar-refractivity contribution in [2.45, 2.75) is 0 Å². The van der Waals surface area contributed by atoms with E-state index in [9.17, 15) is 0 Å². The van der Waals surface area contributed by atoms with Crippen molar-refractivity contribution in [1.82, 2.24) is 0 Å². The SMILES string of the molecule is O=S([O-])S.OCCO. The van der Waals surface area contributed by atoms with Gasteiger partial charge in [-0.05, 0) is 0 Å². The Balaban J connectivity index is 0. The van der Waals surface area contributed by atoms with Gasteiger partial charge in [0.25, 0.3) is 0 Å². The molecule has 0 aliphatic carbocycles. The Labute approximate surface area is 54.6 Å². The maximum atomic E-state index is 8.86. The van der Waals surface area contributed by atoms with Gasteiger partial charge >= 0.3 is 0 Å². The molecule has 0 radical (unpaired) electrons. The Morgan fingerprint density at radius 2 is 1.62 bits per heavy atom. The third kappa shape index (κ3) is 97.0. The molecular formula is C2H7O4S2-. The molecular weight excluding hydrogens is 152 g/mol. The van der Waals surface area contributed by atoms with E-state index in [0.717, 1.165) is 0 Å². The second kappa shape index (κ2) is 10.4. The molecule has 0 aromatic carbocycles. The third-order valence-corrected chi connectivity index (χ3v) is 0.1000. The Kier molecular flexibility index (Phi) is 14.5. The van der Waals surface area contributed by atoms with Crippen LogP contribution in [-0.2, 0) is 10.1 Å². The zero-order chi connectivity index (χ0) is 6.99. The van der Waals surface area contributed by atoms with Gasteiger partial charge in [0, 0.05) is 10.1 Å². The molecule has 2 N–H and O–H groups in total. The van der Waals surface area contributed by atoms with Crippen LogP contribution in [0.15, 0.2) is 0 Å². The summed E-state index contributed by atoms with van der Waals surface area (Å²) in [5.41, 5.74) is 0. The lowest BCUT2D eigenvalue weighted by atomic mass is 10.8. The summed E-state index contributed by atoms with van der Waals surface area (Å²) in [4.78, 5) is 0. The average Bonchev–Trinajstić information content (AvgIpc) is 1.65. The van der Waals surface area contributed by atoms with Gasteiger partial charge in [0.1, 0.15) is 0 Å². The normalized spacial score (nSPS) is 11.5. The van der Waals surface area contributed by atoms with Crippen molar-refractivity contribution in [3.05, 3.63) is 0 Å². The summed E-state index contributed by atoms with van der Waals surface area (Å²) in [6.07, 6.45) is 0. The molecule has 0 aliphatic heterocycles. The highest BCUT2D eigenvalue weighted by molar-refractivity contribution is 8.57. The Bertz CT molecular complexity index is 50.0. The summed E-state index contributed by atoms with van der Waals surface area (Å²) in [7, 11) is -2.17. The van der Waals surface area contributed by atoms with Crippen LogP contribution in [0.1, 0.15) is 0 Å². The minimum Gasteiger partial charge on any atom is -0.764 e. The van der Waals surface area contributed by atoms with Crippen molar-refractivity contribution in [2.24, 2.45) is 0 Å². The first-order valence-electron chi connectivity index (χ1n) is 1.65. The molecule has 0 aromatic rings. The van der Waals surface area contributed by atoms with E-state index < -0.39 is 10.1 Å². The number of aliphatic hydroxyl groups excluding tert-OH is 2. The summed E-state index contributed by atoms with van der Waals surface area (Å²) in [6, 6.07) is 0. The highest BCUT2D eigenvalue weighted by atomic mass is 33.1. The molecule has 52 valence electrons. The van der Waals surface area contributed by atoms with E-state index in [4.69, 9.17) is 19.0 Å². The largest absolute Gasteiger partial charge is 0.764 e. The van der Waals surface area contributed by atoms with Crippen molar-refractivity contribution >= 4 is 21.8 Å². The minimum atomic E-state index is -2.17. The molecule has 6 heteroatoms. The highest BCUT2D eigenvalue weighted by Gasteiger charge is 1.58. The molecule has 0 amide bonds. The van der Waals surface area contributed by atoms with E-state index in [1.54, 1.807) is 0 Å². The van der Waals surface area contributed by atoms with Gasteiger partial charge in [-0.2, -0.15) is 0 Å². The number of rotatable bonds is 1. The van der Waals surface area contributed by atoms with Gasteiger partial charge in [-0.1, -0.05) is 11.7 Å². The van der Waals surface area contributed by atoms with Crippen LogP contribution in [-0.4, -0.2) is 32.2 Å². The van der Waals surface area contributed by atoms with Crippen LogP contribution >= 0.6 is 11.7 Å². The fraction of sp³-hybridized carbons (Fsp3) is 1.00. The predicted molar refractivity (Wildman–Crippen MR) is 32.1 cm³/mol. The molecule has 0 saturated carbocycles. The van der Waals surface area contributed by atoms with Crippen molar-refractivity contribution < 1.29 is 19.0 Å². The predicted octanol–water partition coefficient (Wildman–Crippen LogP) is -1.32. The van der Waals surface area contributed by atoms with Crippen LogP contribution in [0.25, 0.3) is 0 Å². The summed E-state index contributed by atoms with van der Waals surface area (Å²) >= 11 is 2.88. The van der Waals surface area contributed by atoms with E-state index in [1.165, 1.54) is 0 Å². The molecule has 8 heavy (non-hydrogen) atoms. The van der Waals surface area contributed by atoms with E-state index in [0.29, 0.717) is 0 Å². The molecule has 0 bridgehead atoms. The molecule has 0 fully saturated rings. The first kappa shape index (κ1) is 11.2. The lowest BCUT2D eigenvalue weighted by molar-refractivity contribution is 0.186. The van der Waals surface area contributed by atoms with Crippen LogP contribution in [0.5, 0.6) is 0 Å². The lowest BCUT2D eigenvalue weighted by Crippen LogP contribution is -1.85. The second-order valence-electron chi connectivity index (χ2n) is 0.664. The van der Waals surface area contributed by atoms with Gasteiger partial charge in [0.15, 0.2) is 0 Å². The van der Waals surface area contributed by atoms with Gasteiger partial charge in [-0.3, -0.25) is 4.21 Å². The molecule has 1 unspecified atom stereocenters. The maximum Gasteiger partial charge on any atom is 0.0662 e. The quantitative estimate of drug-likeness (QED) is 0.252. The summed E-state index contributed by atoms with van der Waals surface area (Å²) in [5, 5.41) is 15.2. The van der Waals surface area contributed by atoms with Crippen molar-refractivity contribution in [1.29, 1.82) is 0 Å². The fourth-order valence-corrected chi connectivity index (χ4v) is 0. The summed E-state index contributed by atoms with van der Waals surface area (Å²) in [6.45, 7) is -0.250. The monoisotopic (exact) mass is 159 g/mol. The van der Waals surface area contributed by atoms with Crippen LogP contribution in [0.2, 0.25) is 0 Å². The number of hydrogen-bond acceptors (Lipinski definition) is 4. The van der Waals surface area contributed by atoms with Gasteiger partial charge in [-0.25, -0.2) is 0 Å². The third-order valence-electron chi connectivity index (χ3n) is 0.1000. The molecule has 0 spiro atoms. The zero-order valence-corrected chi connectivity index (χ0v) is 5.69. The lowest BCUT2D eigenvalue weighted by Gasteiger charge is -1.83. The van der Waals surface area contributed by atoms with E-state index in [1.807, 2.05) is 0 Å². The van der Waals surface area contributed by atoms with Crippen molar-refractivity contribution in [3.63, 3.8) is 0 Å². The minimum absolute atomic E-state index is 0.125. The smallest absolute Gasteiger partial charge is 0.0662 e. The van der Waals surface area contributed by atoms with Crippen LogP contribution in [0, 0.1) is 0 Å². The standard InChI is InChI=1S/C2H6O2.H2O2S2/c3-1-2-4;1-4(2)3/h3-4H,1-2H2;(H2,1,2,3)/p-1. The Hall–Kier alpha value is 0.380. The highest BCUT2D eigenvalue weighted by Crippen LogP contribution is 1.69. The molecule has 0 aliphatic rings. The molecule has 0 saturated heterocycles. The van der Waals surface area contributed by atoms with Gasteiger partial charge in [0.05, 0.1) is 13.2 Å². The Morgan fingerprint density at radius 1 is 1.50 bits per heavy atom. The van der Waals surface area contributed by atoms with Crippen LogP contribution in [0.3, 0.4) is 0 Å². The number of hydrogen-bond donors (Lipinski definition) is 3. The first-order chi connectivity index (χ1) is 3.65. The molecule has 0 heterocycles. The fourth-order valence-electron chi connectivity index (χ4n) is 0. The second-order valence-corrected chi connectivity index (χ2v) is 1.99. The van der Waals surface area contributed by atoms with Crippen molar-refractivity contribution in [3.8, 4) is 0 Å². The van der Waals surface area contributed by atoms with Gasteiger partial charge in [0.2, 0.25) is 0 Å². The van der Waals surface area contributed by atoms with Crippen LogP contribution < -0.4 is 0 Å². The first-order valence-corrected chi connectivity index (χ1v) is 3.78. The van der Waals surface area contributed by atoms with Gasteiger partial charge < -0.3 is 14.8 Å². The Morgan fingerprint density at radius 3 is 1.62 bits per heavy atom. The summed E-state index contributed by atoms with van der Waals surface area (Å²) < 4.78 is 17.7. The maximum absolute atomic E-state index is 8.86. The van der Waals surface area contributed by atoms with E-state index >= 15 is 0 Å². The van der Waals surface area contributed by atoms with Crippen molar-refractivity contribution in [2.75, 3.05) is 13.2 Å². The van der Waals surface area contributed by atoms with E-state index in [2.05, 4.69) is 11.7 Å². The average molecular weight is 159 g/mol.